The highest BCUT2D eigenvalue weighted by molar-refractivity contribution is 5.66. The van der Waals surface area contributed by atoms with Crippen LogP contribution in [0.2, 0.25) is 0 Å². The third-order valence-corrected chi connectivity index (χ3v) is 4.19. The average molecular weight is 315 g/mol. The van der Waals surface area contributed by atoms with E-state index in [0.717, 1.165) is 36.3 Å². The van der Waals surface area contributed by atoms with Crippen LogP contribution in [0.5, 0.6) is 5.75 Å². The highest BCUT2D eigenvalue weighted by Crippen LogP contribution is 2.26. The minimum absolute atomic E-state index is 0.0254. The van der Waals surface area contributed by atoms with Gasteiger partial charge in [0.15, 0.2) is 0 Å². The molecule has 0 amide bonds. The molecule has 0 radical (unpaired) electrons. The Hall–Kier alpha value is -1.91. The van der Waals surface area contributed by atoms with Gasteiger partial charge in [-0.25, -0.2) is 4.39 Å². The van der Waals surface area contributed by atoms with Crippen molar-refractivity contribution in [3.05, 3.63) is 53.8 Å². The fourth-order valence-electron chi connectivity index (χ4n) is 2.96. The van der Waals surface area contributed by atoms with Gasteiger partial charge >= 0.3 is 0 Å². The molecule has 1 aliphatic heterocycles. The standard InChI is InChI=1S/C19H22FNO2/c20-18-11-17(16-5-3-4-15(10-16)14-22)12-19(13-18)23-9-8-21-6-1-2-7-21/h3-5,10-13,22H,1-2,6-9,14H2. The average Bonchev–Trinajstić information content (AvgIpc) is 3.08. The number of benzene rings is 2. The molecule has 1 N–H and O–H groups in total. The second kappa shape index (κ2) is 7.57. The lowest BCUT2D eigenvalue weighted by Gasteiger charge is -2.15. The van der Waals surface area contributed by atoms with E-state index >= 15 is 0 Å². The van der Waals surface area contributed by atoms with Gasteiger partial charge in [0.05, 0.1) is 6.61 Å². The zero-order chi connectivity index (χ0) is 16.1. The summed E-state index contributed by atoms with van der Waals surface area (Å²) in [5.41, 5.74) is 2.44. The van der Waals surface area contributed by atoms with Crippen molar-refractivity contribution in [3.63, 3.8) is 0 Å². The molecule has 4 heteroatoms. The lowest BCUT2D eigenvalue weighted by Crippen LogP contribution is -2.25. The van der Waals surface area contributed by atoms with Crippen LogP contribution < -0.4 is 4.74 Å². The second-order valence-corrected chi connectivity index (χ2v) is 5.93. The smallest absolute Gasteiger partial charge is 0.127 e. The summed E-state index contributed by atoms with van der Waals surface area (Å²) in [6.45, 7) is 3.69. The van der Waals surface area contributed by atoms with Crippen LogP contribution in [0.25, 0.3) is 11.1 Å². The predicted molar refractivity (Wildman–Crippen MR) is 88.9 cm³/mol. The fraction of sp³-hybridized carbons (Fsp3) is 0.368. The van der Waals surface area contributed by atoms with Crippen LogP contribution in [-0.2, 0) is 6.61 Å². The molecule has 0 aromatic heterocycles. The van der Waals surface area contributed by atoms with Crippen LogP contribution in [0.3, 0.4) is 0 Å². The first-order chi connectivity index (χ1) is 11.2. The number of ether oxygens (including phenoxy) is 1. The summed E-state index contributed by atoms with van der Waals surface area (Å²) in [5.74, 6) is 0.238. The maximum atomic E-state index is 13.9. The Labute approximate surface area is 136 Å². The molecule has 0 saturated carbocycles. The molecule has 0 spiro atoms. The van der Waals surface area contributed by atoms with Crippen LogP contribution >= 0.6 is 0 Å². The molecule has 1 saturated heterocycles. The summed E-state index contributed by atoms with van der Waals surface area (Å²) in [7, 11) is 0. The Morgan fingerprint density at radius 2 is 1.87 bits per heavy atom. The third-order valence-electron chi connectivity index (χ3n) is 4.19. The van der Waals surface area contributed by atoms with Gasteiger partial charge < -0.3 is 9.84 Å². The van der Waals surface area contributed by atoms with Crippen LogP contribution in [0.1, 0.15) is 18.4 Å². The quantitative estimate of drug-likeness (QED) is 0.886. The van der Waals surface area contributed by atoms with Gasteiger partial charge in [-0.2, -0.15) is 0 Å². The van der Waals surface area contributed by atoms with E-state index in [2.05, 4.69) is 4.90 Å². The number of likely N-dealkylation sites (tertiary alicyclic amines) is 1. The molecule has 2 aromatic carbocycles. The van der Waals surface area contributed by atoms with Gasteiger partial charge in [0.2, 0.25) is 0 Å². The van der Waals surface area contributed by atoms with Crippen molar-refractivity contribution < 1.29 is 14.2 Å². The molecule has 0 unspecified atom stereocenters. The molecule has 0 bridgehead atoms. The minimum atomic E-state index is -0.312. The van der Waals surface area contributed by atoms with Gasteiger partial charge in [0, 0.05) is 12.6 Å². The summed E-state index contributed by atoms with van der Waals surface area (Å²) in [6, 6.07) is 12.2. The third kappa shape index (κ3) is 4.30. The molecule has 3 nitrogen and oxygen atoms in total. The van der Waals surface area contributed by atoms with Crippen molar-refractivity contribution in [2.24, 2.45) is 0 Å². The van der Waals surface area contributed by atoms with E-state index in [1.54, 1.807) is 0 Å². The Balaban J connectivity index is 1.70. The van der Waals surface area contributed by atoms with Gasteiger partial charge in [-0.1, -0.05) is 18.2 Å². The molecular weight excluding hydrogens is 293 g/mol. The van der Waals surface area contributed by atoms with Crippen molar-refractivity contribution >= 4 is 0 Å². The molecule has 1 heterocycles. The lowest BCUT2D eigenvalue weighted by molar-refractivity contribution is 0.237. The van der Waals surface area contributed by atoms with Gasteiger partial charge in [-0.05, 0) is 60.8 Å². The molecule has 0 aliphatic carbocycles. The van der Waals surface area contributed by atoms with Gasteiger partial charge in [0.25, 0.3) is 0 Å². The number of aliphatic hydroxyl groups is 1. The van der Waals surface area contributed by atoms with Crippen LogP contribution in [-0.4, -0.2) is 36.2 Å². The zero-order valence-electron chi connectivity index (χ0n) is 13.2. The highest BCUT2D eigenvalue weighted by atomic mass is 19.1. The molecule has 0 atom stereocenters. The summed E-state index contributed by atoms with van der Waals surface area (Å²) in [5, 5.41) is 9.23. The van der Waals surface area contributed by atoms with Crippen molar-refractivity contribution in [2.45, 2.75) is 19.4 Å². The maximum absolute atomic E-state index is 13.9. The van der Waals surface area contributed by atoms with Crippen LogP contribution in [0.4, 0.5) is 4.39 Å². The first kappa shape index (κ1) is 16.0. The van der Waals surface area contributed by atoms with E-state index in [1.165, 1.54) is 25.0 Å². The lowest BCUT2D eigenvalue weighted by atomic mass is 10.0. The van der Waals surface area contributed by atoms with Crippen molar-refractivity contribution in [1.29, 1.82) is 0 Å². The molecular formula is C19H22FNO2. The first-order valence-corrected chi connectivity index (χ1v) is 8.10. The maximum Gasteiger partial charge on any atom is 0.127 e. The summed E-state index contributed by atoms with van der Waals surface area (Å²) in [4.78, 5) is 2.37. The van der Waals surface area contributed by atoms with Gasteiger partial charge in [-0.15, -0.1) is 0 Å². The molecule has 122 valence electrons. The minimum Gasteiger partial charge on any atom is -0.492 e. The van der Waals surface area contributed by atoms with E-state index in [9.17, 15) is 9.50 Å². The fourth-order valence-corrected chi connectivity index (χ4v) is 2.96. The number of hydrogen-bond acceptors (Lipinski definition) is 3. The molecule has 1 aliphatic rings. The Bertz CT molecular complexity index is 654. The highest BCUT2D eigenvalue weighted by Gasteiger charge is 2.11. The van der Waals surface area contributed by atoms with Gasteiger partial charge in [-0.3, -0.25) is 4.90 Å². The predicted octanol–water partition coefficient (Wildman–Crippen LogP) is 3.46. The monoisotopic (exact) mass is 315 g/mol. The molecule has 23 heavy (non-hydrogen) atoms. The Kier molecular flexibility index (Phi) is 5.26. The second-order valence-electron chi connectivity index (χ2n) is 5.93. The van der Waals surface area contributed by atoms with E-state index in [-0.39, 0.29) is 12.4 Å². The van der Waals surface area contributed by atoms with E-state index < -0.39 is 0 Å². The summed E-state index contributed by atoms with van der Waals surface area (Å²) >= 11 is 0. The summed E-state index contributed by atoms with van der Waals surface area (Å²) in [6.07, 6.45) is 2.51. The zero-order valence-corrected chi connectivity index (χ0v) is 13.2. The van der Waals surface area contributed by atoms with Gasteiger partial charge in [0.1, 0.15) is 18.2 Å². The molecule has 1 fully saturated rings. The topological polar surface area (TPSA) is 32.7 Å². The normalized spacial score (nSPS) is 15.0. The number of halogens is 1. The van der Waals surface area contributed by atoms with E-state index in [0.29, 0.717) is 12.4 Å². The van der Waals surface area contributed by atoms with E-state index in [1.807, 2.05) is 30.3 Å². The SMILES string of the molecule is OCc1cccc(-c2cc(F)cc(OCCN3CCCC3)c2)c1. The van der Waals surface area contributed by atoms with Crippen LogP contribution in [0.15, 0.2) is 42.5 Å². The first-order valence-electron chi connectivity index (χ1n) is 8.10. The summed E-state index contributed by atoms with van der Waals surface area (Å²) < 4.78 is 19.6. The number of hydrogen-bond donors (Lipinski definition) is 1. The Morgan fingerprint density at radius 1 is 1.04 bits per heavy atom. The Morgan fingerprint density at radius 3 is 2.65 bits per heavy atom. The van der Waals surface area contributed by atoms with Crippen molar-refractivity contribution in [2.75, 3.05) is 26.2 Å². The van der Waals surface area contributed by atoms with Crippen LogP contribution in [0, 0.1) is 5.82 Å². The molecule has 2 aromatic rings. The number of aliphatic hydroxyl groups excluding tert-OH is 1. The number of rotatable bonds is 6. The van der Waals surface area contributed by atoms with E-state index in [4.69, 9.17) is 4.74 Å². The van der Waals surface area contributed by atoms with Crippen molar-refractivity contribution in [3.8, 4) is 16.9 Å². The van der Waals surface area contributed by atoms with Crippen molar-refractivity contribution in [1.82, 2.24) is 4.90 Å². The largest absolute Gasteiger partial charge is 0.492 e. The molecule has 3 rings (SSSR count). The number of nitrogens with zero attached hydrogens (tertiary/aromatic N) is 1.